The predicted octanol–water partition coefficient (Wildman–Crippen LogP) is 5.12. The predicted molar refractivity (Wildman–Crippen MR) is 121 cm³/mol. The summed E-state index contributed by atoms with van der Waals surface area (Å²) >= 11 is 0. The standard InChI is InChI=1S/C25H24N4O3/c1-25(2,3)23-20-21(27-28-23)24(30)29(22(20)18-7-5-6-8-19(18)31-4)17-11-9-15(10-12-17)16-13-26-32-14-16/h5-14,22H,1-4H3,(H,27,28). The van der Waals surface area contributed by atoms with Gasteiger partial charge in [-0.15, -0.1) is 0 Å². The van der Waals surface area contributed by atoms with Crippen LogP contribution in [0.5, 0.6) is 5.75 Å². The molecule has 5 rings (SSSR count). The van der Waals surface area contributed by atoms with Gasteiger partial charge in [-0.05, 0) is 23.8 Å². The first kappa shape index (κ1) is 20.1. The van der Waals surface area contributed by atoms with Crippen molar-refractivity contribution in [1.29, 1.82) is 0 Å². The van der Waals surface area contributed by atoms with Crippen molar-refractivity contribution in [2.24, 2.45) is 0 Å². The van der Waals surface area contributed by atoms with E-state index >= 15 is 0 Å². The highest BCUT2D eigenvalue weighted by atomic mass is 16.5. The minimum absolute atomic E-state index is 0.114. The van der Waals surface area contributed by atoms with E-state index in [0.717, 1.165) is 39.4 Å². The van der Waals surface area contributed by atoms with Gasteiger partial charge in [-0.2, -0.15) is 5.10 Å². The molecule has 0 spiro atoms. The molecule has 0 bridgehead atoms. The van der Waals surface area contributed by atoms with E-state index in [-0.39, 0.29) is 17.4 Å². The number of carbonyl (C=O) groups is 1. The second-order valence-corrected chi connectivity index (χ2v) is 8.89. The van der Waals surface area contributed by atoms with E-state index in [9.17, 15) is 4.79 Å². The van der Waals surface area contributed by atoms with Crippen LogP contribution in [-0.4, -0.2) is 28.4 Å². The van der Waals surface area contributed by atoms with Crippen molar-refractivity contribution in [2.75, 3.05) is 12.0 Å². The molecule has 4 aromatic rings. The number of aromatic nitrogens is 3. The van der Waals surface area contributed by atoms with E-state index in [4.69, 9.17) is 9.26 Å². The number of anilines is 1. The normalized spacial score (nSPS) is 15.8. The topological polar surface area (TPSA) is 84.2 Å². The fraction of sp³-hybridized carbons (Fsp3) is 0.240. The summed E-state index contributed by atoms with van der Waals surface area (Å²) in [5.74, 6) is 0.613. The van der Waals surface area contributed by atoms with E-state index in [0.29, 0.717) is 5.69 Å². The number of methoxy groups -OCH3 is 1. The average molecular weight is 428 g/mol. The molecular formula is C25H24N4O3. The largest absolute Gasteiger partial charge is 0.496 e. The first-order chi connectivity index (χ1) is 15.4. The number of nitrogens with one attached hydrogen (secondary N) is 1. The number of carbonyl (C=O) groups excluding carboxylic acids is 1. The van der Waals surface area contributed by atoms with Gasteiger partial charge < -0.3 is 9.26 Å². The molecule has 1 amide bonds. The second kappa shape index (κ2) is 7.37. The summed E-state index contributed by atoms with van der Waals surface area (Å²) in [5, 5.41) is 11.3. The second-order valence-electron chi connectivity index (χ2n) is 8.89. The summed E-state index contributed by atoms with van der Waals surface area (Å²) in [7, 11) is 1.65. The molecule has 3 heterocycles. The summed E-state index contributed by atoms with van der Waals surface area (Å²) < 4.78 is 10.6. The van der Waals surface area contributed by atoms with E-state index < -0.39 is 0 Å². The molecule has 1 aliphatic heterocycles. The van der Waals surface area contributed by atoms with Crippen LogP contribution in [0.3, 0.4) is 0 Å². The molecule has 1 aliphatic rings. The molecule has 7 heteroatoms. The highest BCUT2D eigenvalue weighted by Crippen LogP contribution is 2.47. The summed E-state index contributed by atoms with van der Waals surface area (Å²) in [6.07, 6.45) is 3.26. The minimum Gasteiger partial charge on any atom is -0.496 e. The maximum atomic E-state index is 13.6. The smallest absolute Gasteiger partial charge is 0.277 e. The van der Waals surface area contributed by atoms with E-state index in [1.807, 2.05) is 53.4 Å². The van der Waals surface area contributed by atoms with Gasteiger partial charge in [0.25, 0.3) is 5.91 Å². The van der Waals surface area contributed by atoms with Gasteiger partial charge in [-0.1, -0.05) is 56.3 Å². The van der Waals surface area contributed by atoms with Gasteiger partial charge in [-0.25, -0.2) is 0 Å². The molecule has 162 valence electrons. The third-order valence-electron chi connectivity index (χ3n) is 5.82. The summed E-state index contributed by atoms with van der Waals surface area (Å²) in [4.78, 5) is 15.4. The van der Waals surface area contributed by atoms with Crippen LogP contribution in [0.15, 0.2) is 65.5 Å². The number of fused-ring (bicyclic) bond motifs is 1. The van der Waals surface area contributed by atoms with Crippen molar-refractivity contribution in [1.82, 2.24) is 15.4 Å². The number of hydrogen-bond donors (Lipinski definition) is 1. The highest BCUT2D eigenvalue weighted by Gasteiger charge is 2.45. The Morgan fingerprint density at radius 2 is 1.81 bits per heavy atom. The quantitative estimate of drug-likeness (QED) is 0.488. The van der Waals surface area contributed by atoms with Gasteiger partial charge in [0.2, 0.25) is 0 Å². The van der Waals surface area contributed by atoms with Crippen molar-refractivity contribution in [3.8, 4) is 16.9 Å². The molecule has 2 aromatic heterocycles. The van der Waals surface area contributed by atoms with Gasteiger partial charge in [0.1, 0.15) is 17.7 Å². The molecule has 1 N–H and O–H groups in total. The number of H-pyrrole nitrogens is 1. The maximum absolute atomic E-state index is 13.6. The van der Waals surface area contributed by atoms with E-state index in [2.05, 4.69) is 36.1 Å². The Hall–Kier alpha value is -3.87. The lowest BCUT2D eigenvalue weighted by Crippen LogP contribution is -2.30. The van der Waals surface area contributed by atoms with Crippen LogP contribution < -0.4 is 9.64 Å². The van der Waals surface area contributed by atoms with Gasteiger partial charge >= 0.3 is 0 Å². The molecule has 1 unspecified atom stereocenters. The number of rotatable bonds is 4. The maximum Gasteiger partial charge on any atom is 0.277 e. The zero-order valence-electron chi connectivity index (χ0n) is 18.4. The van der Waals surface area contributed by atoms with Crippen LogP contribution in [-0.2, 0) is 5.41 Å². The summed E-state index contributed by atoms with van der Waals surface area (Å²) in [6.45, 7) is 6.30. The summed E-state index contributed by atoms with van der Waals surface area (Å²) in [5.41, 5.74) is 5.61. The lowest BCUT2D eigenvalue weighted by atomic mass is 9.85. The Morgan fingerprint density at radius 1 is 1.06 bits per heavy atom. The molecule has 2 aromatic carbocycles. The van der Waals surface area contributed by atoms with Gasteiger partial charge in [0.05, 0.1) is 25.0 Å². The average Bonchev–Trinajstić information content (AvgIpc) is 3.51. The highest BCUT2D eigenvalue weighted by molar-refractivity contribution is 6.11. The van der Waals surface area contributed by atoms with Gasteiger partial charge in [0, 0.05) is 27.8 Å². The number of amides is 1. The third-order valence-corrected chi connectivity index (χ3v) is 5.82. The van der Waals surface area contributed by atoms with Gasteiger partial charge in [-0.3, -0.25) is 14.8 Å². The van der Waals surface area contributed by atoms with Crippen LogP contribution in [0.1, 0.15) is 54.1 Å². The number of ether oxygens (including phenoxy) is 1. The van der Waals surface area contributed by atoms with Crippen LogP contribution in [0.4, 0.5) is 5.69 Å². The lowest BCUT2D eigenvalue weighted by Gasteiger charge is -2.29. The SMILES string of the molecule is COc1ccccc1C1c2c(C(C)(C)C)n[nH]c2C(=O)N1c1ccc(-c2cnoc2)cc1. The molecule has 7 nitrogen and oxygen atoms in total. The molecule has 0 fully saturated rings. The van der Waals surface area contributed by atoms with Crippen LogP contribution >= 0.6 is 0 Å². The minimum atomic E-state index is -0.358. The molecule has 0 saturated carbocycles. The number of para-hydroxylation sites is 1. The number of benzene rings is 2. The van der Waals surface area contributed by atoms with Crippen molar-refractivity contribution in [3.05, 3.63) is 83.5 Å². The molecule has 0 saturated heterocycles. The molecule has 32 heavy (non-hydrogen) atoms. The Bertz CT molecular complexity index is 1270. The number of hydrogen-bond acceptors (Lipinski definition) is 5. The molecular weight excluding hydrogens is 404 g/mol. The Kier molecular flexibility index (Phi) is 4.62. The van der Waals surface area contributed by atoms with Crippen molar-refractivity contribution in [3.63, 3.8) is 0 Å². The third kappa shape index (κ3) is 3.09. The fourth-order valence-corrected chi connectivity index (χ4v) is 4.33. The van der Waals surface area contributed by atoms with E-state index in [1.54, 1.807) is 19.6 Å². The van der Waals surface area contributed by atoms with Crippen molar-refractivity contribution in [2.45, 2.75) is 32.2 Å². The first-order valence-electron chi connectivity index (χ1n) is 10.4. The van der Waals surface area contributed by atoms with Crippen LogP contribution in [0.25, 0.3) is 11.1 Å². The molecule has 0 aliphatic carbocycles. The molecule has 1 atom stereocenters. The van der Waals surface area contributed by atoms with Crippen LogP contribution in [0.2, 0.25) is 0 Å². The van der Waals surface area contributed by atoms with Gasteiger partial charge in [0.15, 0.2) is 0 Å². The Balaban J connectivity index is 1.68. The monoisotopic (exact) mass is 428 g/mol. The van der Waals surface area contributed by atoms with E-state index in [1.165, 1.54) is 0 Å². The Labute approximate surface area is 186 Å². The Morgan fingerprint density at radius 3 is 2.47 bits per heavy atom. The molecule has 0 radical (unpaired) electrons. The fourth-order valence-electron chi connectivity index (χ4n) is 4.33. The zero-order valence-corrected chi connectivity index (χ0v) is 18.4. The zero-order chi connectivity index (χ0) is 22.5. The van der Waals surface area contributed by atoms with Crippen molar-refractivity contribution < 1.29 is 14.1 Å². The number of nitrogens with zero attached hydrogens (tertiary/aromatic N) is 3. The van der Waals surface area contributed by atoms with Crippen LogP contribution in [0, 0.1) is 0 Å². The number of aromatic amines is 1. The van der Waals surface area contributed by atoms with Crippen molar-refractivity contribution >= 4 is 11.6 Å². The first-order valence-corrected chi connectivity index (χ1v) is 10.4. The summed E-state index contributed by atoms with van der Waals surface area (Å²) in [6, 6.07) is 15.3. The lowest BCUT2D eigenvalue weighted by molar-refractivity contribution is 0.0988.